The van der Waals surface area contributed by atoms with Crippen molar-refractivity contribution in [2.24, 2.45) is 5.73 Å². The molecule has 0 amide bonds. The monoisotopic (exact) mass is 164 g/mol. The van der Waals surface area contributed by atoms with E-state index < -0.39 is 0 Å². The van der Waals surface area contributed by atoms with E-state index in [0.29, 0.717) is 6.54 Å². The average molecular weight is 164 g/mol. The number of rotatable bonds is 3. The Morgan fingerprint density at radius 3 is 2.92 bits per heavy atom. The van der Waals surface area contributed by atoms with E-state index in [2.05, 4.69) is 15.5 Å². The van der Waals surface area contributed by atoms with Gasteiger partial charge in [-0.1, -0.05) is 0 Å². The molecule has 0 atom stereocenters. The third-order valence-corrected chi connectivity index (χ3v) is 2.21. The molecule has 1 aromatic rings. The van der Waals surface area contributed by atoms with E-state index in [0.717, 1.165) is 18.7 Å². The summed E-state index contributed by atoms with van der Waals surface area (Å²) in [4.78, 5) is 0. The minimum Gasteiger partial charge on any atom is -0.362 e. The summed E-state index contributed by atoms with van der Waals surface area (Å²) >= 11 is 0. The molecular formula is C8H12N4. The molecule has 0 spiro atoms. The van der Waals surface area contributed by atoms with Crippen LogP contribution >= 0.6 is 0 Å². The number of hydrogen-bond donors (Lipinski definition) is 2. The normalized spacial score (nSPS) is 18.8. The Kier molecular flexibility index (Phi) is 1.69. The Bertz CT molecular complexity index is 255. The molecule has 0 bridgehead atoms. The number of anilines is 1. The van der Waals surface area contributed by atoms with Crippen molar-refractivity contribution in [1.29, 1.82) is 0 Å². The molecule has 1 heterocycles. The Balaban J connectivity index is 2.04. The lowest BCUT2D eigenvalue weighted by Gasteiger charge is -2.14. The summed E-state index contributed by atoms with van der Waals surface area (Å²) in [5.41, 5.74) is 5.73. The Hall–Kier alpha value is -1.16. The smallest absolute Gasteiger partial charge is 0.149 e. The molecular weight excluding hydrogens is 152 g/mol. The maximum absolute atomic E-state index is 5.61. The standard InChI is InChI=1S/C8H12N4/c9-6-8(3-4-8)11-7-2-1-5-10-12-7/h1-2,5H,3-4,6,9H2,(H,11,12). The predicted molar refractivity (Wildman–Crippen MR) is 46.7 cm³/mol. The fourth-order valence-electron chi connectivity index (χ4n) is 1.17. The predicted octanol–water partition coefficient (Wildman–Crippen LogP) is 0.380. The lowest BCUT2D eigenvalue weighted by molar-refractivity contribution is 0.733. The van der Waals surface area contributed by atoms with Crippen molar-refractivity contribution < 1.29 is 0 Å². The van der Waals surface area contributed by atoms with Crippen LogP contribution < -0.4 is 11.1 Å². The maximum atomic E-state index is 5.61. The number of aromatic nitrogens is 2. The number of hydrogen-bond acceptors (Lipinski definition) is 4. The fraction of sp³-hybridized carbons (Fsp3) is 0.500. The average Bonchev–Trinajstić information content (AvgIpc) is 2.88. The summed E-state index contributed by atoms with van der Waals surface area (Å²) in [5, 5.41) is 11.0. The third kappa shape index (κ3) is 1.38. The van der Waals surface area contributed by atoms with Crippen LogP contribution in [-0.2, 0) is 0 Å². The van der Waals surface area contributed by atoms with E-state index in [4.69, 9.17) is 5.73 Å². The molecule has 2 rings (SSSR count). The van der Waals surface area contributed by atoms with Crippen LogP contribution in [0.1, 0.15) is 12.8 Å². The van der Waals surface area contributed by atoms with E-state index in [1.165, 1.54) is 0 Å². The van der Waals surface area contributed by atoms with Crippen LogP contribution in [0.2, 0.25) is 0 Å². The van der Waals surface area contributed by atoms with Gasteiger partial charge in [0.2, 0.25) is 0 Å². The van der Waals surface area contributed by atoms with Gasteiger partial charge in [0.15, 0.2) is 0 Å². The number of nitrogens with one attached hydrogen (secondary N) is 1. The molecule has 0 saturated heterocycles. The summed E-state index contributed by atoms with van der Waals surface area (Å²) in [5.74, 6) is 0.820. The highest BCUT2D eigenvalue weighted by molar-refractivity contribution is 5.38. The quantitative estimate of drug-likeness (QED) is 0.678. The first-order valence-corrected chi connectivity index (χ1v) is 4.11. The summed E-state index contributed by atoms with van der Waals surface area (Å²) < 4.78 is 0. The molecule has 0 aliphatic heterocycles. The van der Waals surface area contributed by atoms with E-state index in [-0.39, 0.29) is 5.54 Å². The van der Waals surface area contributed by atoms with Crippen LogP contribution in [0.5, 0.6) is 0 Å². The largest absolute Gasteiger partial charge is 0.362 e. The van der Waals surface area contributed by atoms with Gasteiger partial charge in [0, 0.05) is 12.7 Å². The molecule has 64 valence electrons. The van der Waals surface area contributed by atoms with Crippen LogP contribution in [0.4, 0.5) is 5.82 Å². The highest BCUT2D eigenvalue weighted by atomic mass is 15.2. The van der Waals surface area contributed by atoms with Gasteiger partial charge in [0.1, 0.15) is 5.82 Å². The minimum absolute atomic E-state index is 0.121. The molecule has 0 radical (unpaired) electrons. The molecule has 12 heavy (non-hydrogen) atoms. The summed E-state index contributed by atoms with van der Waals surface area (Å²) in [7, 11) is 0. The number of nitrogens with zero attached hydrogens (tertiary/aromatic N) is 2. The van der Waals surface area contributed by atoms with Gasteiger partial charge >= 0.3 is 0 Å². The second-order valence-electron chi connectivity index (χ2n) is 3.22. The van der Waals surface area contributed by atoms with Crippen LogP contribution in [0.15, 0.2) is 18.3 Å². The zero-order chi connectivity index (χ0) is 8.44. The van der Waals surface area contributed by atoms with Crippen molar-refractivity contribution in [2.45, 2.75) is 18.4 Å². The van der Waals surface area contributed by atoms with Gasteiger partial charge < -0.3 is 11.1 Å². The molecule has 4 heteroatoms. The van der Waals surface area contributed by atoms with Crippen LogP contribution in [0.25, 0.3) is 0 Å². The van der Waals surface area contributed by atoms with Gasteiger partial charge in [-0.2, -0.15) is 5.10 Å². The molecule has 1 aliphatic rings. The van der Waals surface area contributed by atoms with E-state index >= 15 is 0 Å². The fourth-order valence-corrected chi connectivity index (χ4v) is 1.17. The highest BCUT2D eigenvalue weighted by Gasteiger charge is 2.41. The molecule has 1 fully saturated rings. The van der Waals surface area contributed by atoms with Gasteiger partial charge in [0.05, 0.1) is 5.54 Å². The van der Waals surface area contributed by atoms with E-state index in [1.54, 1.807) is 6.20 Å². The van der Waals surface area contributed by atoms with Crippen molar-refractivity contribution in [3.63, 3.8) is 0 Å². The molecule has 0 aromatic carbocycles. The Morgan fingerprint density at radius 1 is 1.58 bits per heavy atom. The van der Waals surface area contributed by atoms with Gasteiger partial charge in [-0.25, -0.2) is 0 Å². The van der Waals surface area contributed by atoms with Crippen molar-refractivity contribution in [3.05, 3.63) is 18.3 Å². The van der Waals surface area contributed by atoms with Gasteiger partial charge in [0.25, 0.3) is 0 Å². The zero-order valence-electron chi connectivity index (χ0n) is 6.83. The van der Waals surface area contributed by atoms with Gasteiger partial charge in [-0.05, 0) is 25.0 Å². The SMILES string of the molecule is NCC1(Nc2cccnn2)CC1. The first-order chi connectivity index (χ1) is 5.85. The molecule has 1 aliphatic carbocycles. The Labute approximate surface area is 71.2 Å². The maximum Gasteiger partial charge on any atom is 0.149 e. The van der Waals surface area contributed by atoms with Crippen molar-refractivity contribution in [2.75, 3.05) is 11.9 Å². The number of nitrogens with two attached hydrogens (primary N) is 1. The van der Waals surface area contributed by atoms with Crippen LogP contribution in [0, 0.1) is 0 Å². The summed E-state index contributed by atoms with van der Waals surface area (Å²) in [6.07, 6.45) is 3.94. The van der Waals surface area contributed by atoms with Crippen LogP contribution in [-0.4, -0.2) is 22.3 Å². The van der Waals surface area contributed by atoms with Crippen LogP contribution in [0.3, 0.4) is 0 Å². The highest BCUT2D eigenvalue weighted by Crippen LogP contribution is 2.36. The second kappa shape index (κ2) is 2.71. The lowest BCUT2D eigenvalue weighted by Crippen LogP contribution is -2.31. The zero-order valence-corrected chi connectivity index (χ0v) is 6.83. The summed E-state index contributed by atoms with van der Waals surface area (Å²) in [6, 6.07) is 3.77. The van der Waals surface area contributed by atoms with E-state index in [9.17, 15) is 0 Å². The van der Waals surface area contributed by atoms with Crippen molar-refractivity contribution in [1.82, 2.24) is 10.2 Å². The lowest BCUT2D eigenvalue weighted by atomic mass is 10.3. The van der Waals surface area contributed by atoms with Crippen molar-refractivity contribution in [3.8, 4) is 0 Å². The molecule has 4 nitrogen and oxygen atoms in total. The molecule has 0 unspecified atom stereocenters. The van der Waals surface area contributed by atoms with Crippen molar-refractivity contribution >= 4 is 5.82 Å². The first kappa shape index (κ1) is 7.49. The topological polar surface area (TPSA) is 63.8 Å². The third-order valence-electron chi connectivity index (χ3n) is 2.21. The first-order valence-electron chi connectivity index (χ1n) is 4.11. The van der Waals surface area contributed by atoms with E-state index in [1.807, 2.05) is 12.1 Å². The Morgan fingerprint density at radius 2 is 2.42 bits per heavy atom. The molecule has 1 aromatic heterocycles. The van der Waals surface area contributed by atoms with Gasteiger partial charge in [-0.3, -0.25) is 0 Å². The molecule has 1 saturated carbocycles. The van der Waals surface area contributed by atoms with Gasteiger partial charge in [-0.15, -0.1) is 5.10 Å². The summed E-state index contributed by atoms with van der Waals surface area (Å²) in [6.45, 7) is 0.670. The minimum atomic E-state index is 0.121. The molecule has 3 N–H and O–H groups in total. The second-order valence-corrected chi connectivity index (χ2v) is 3.22.